The first-order chi connectivity index (χ1) is 10.2. The summed E-state index contributed by atoms with van der Waals surface area (Å²) in [6.45, 7) is 10.6. The van der Waals surface area contributed by atoms with Crippen molar-refractivity contribution in [2.24, 2.45) is 5.73 Å². The van der Waals surface area contributed by atoms with E-state index in [2.05, 4.69) is 12.1 Å². The lowest BCUT2D eigenvalue weighted by Gasteiger charge is -2.26. The van der Waals surface area contributed by atoms with Gasteiger partial charge in [-0.3, -0.25) is 0 Å². The van der Waals surface area contributed by atoms with Crippen LogP contribution in [0.5, 0.6) is 5.75 Å². The van der Waals surface area contributed by atoms with Crippen molar-refractivity contribution in [1.29, 1.82) is 0 Å². The zero-order valence-corrected chi connectivity index (χ0v) is 13.8. The van der Waals surface area contributed by atoms with E-state index >= 15 is 0 Å². The lowest BCUT2D eigenvalue weighted by molar-refractivity contribution is 0.306. The lowest BCUT2D eigenvalue weighted by Crippen LogP contribution is -2.34. The van der Waals surface area contributed by atoms with E-state index in [0.29, 0.717) is 6.61 Å². The highest BCUT2D eigenvalue weighted by atomic mass is 16.5. The topological polar surface area (TPSA) is 35.2 Å². The second-order valence-electron chi connectivity index (χ2n) is 4.64. The molecular weight excluding hydrogens is 258 g/mol. The van der Waals surface area contributed by atoms with Crippen molar-refractivity contribution in [3.63, 3.8) is 0 Å². The highest BCUT2D eigenvalue weighted by Gasteiger charge is 2.31. The fourth-order valence-corrected chi connectivity index (χ4v) is 2.47. The molecule has 0 aromatic heterocycles. The quantitative estimate of drug-likeness (QED) is 0.750. The molecule has 2 nitrogen and oxygen atoms in total. The maximum Gasteiger partial charge on any atom is 0.125 e. The fraction of sp³-hybridized carbons (Fsp3) is 0.368. The Labute approximate surface area is 129 Å². The molecule has 0 bridgehead atoms. The van der Waals surface area contributed by atoms with E-state index in [9.17, 15) is 0 Å². The smallest absolute Gasteiger partial charge is 0.125 e. The first kappa shape index (κ1) is 17.3. The lowest BCUT2D eigenvalue weighted by atomic mass is 9.83. The molecule has 1 heterocycles. The van der Waals surface area contributed by atoms with Gasteiger partial charge >= 0.3 is 0 Å². The summed E-state index contributed by atoms with van der Waals surface area (Å²) in [6, 6.07) is 16.2. The Morgan fingerprint density at radius 2 is 1.38 bits per heavy atom. The second-order valence-corrected chi connectivity index (χ2v) is 4.64. The van der Waals surface area contributed by atoms with Crippen LogP contribution in [-0.2, 0) is 12.1 Å². The minimum Gasteiger partial charge on any atom is -0.489 e. The van der Waals surface area contributed by atoms with Crippen LogP contribution in [0.15, 0.2) is 48.5 Å². The predicted molar refractivity (Wildman–Crippen MR) is 90.6 cm³/mol. The third-order valence-electron chi connectivity index (χ3n) is 3.41. The van der Waals surface area contributed by atoms with Crippen LogP contribution in [0.1, 0.15) is 51.3 Å². The average Bonchev–Trinajstić information content (AvgIpc) is 2.67. The van der Waals surface area contributed by atoms with E-state index in [1.807, 2.05) is 71.0 Å². The van der Waals surface area contributed by atoms with Crippen LogP contribution in [0, 0.1) is 0 Å². The molecule has 2 N–H and O–H groups in total. The number of fused-ring (bicyclic) bond motifs is 2. The monoisotopic (exact) mass is 285 g/mol. The number of para-hydroxylation sites is 1. The third kappa shape index (κ3) is 3.45. The molecule has 0 fully saturated rings. The van der Waals surface area contributed by atoms with Gasteiger partial charge in [-0.15, -0.1) is 0 Å². The number of rotatable bonds is 0. The van der Waals surface area contributed by atoms with Crippen LogP contribution >= 0.6 is 0 Å². The molecule has 1 atom stereocenters. The maximum absolute atomic E-state index is 6.52. The third-order valence-corrected chi connectivity index (χ3v) is 3.41. The Morgan fingerprint density at radius 3 is 2.05 bits per heavy atom. The van der Waals surface area contributed by atoms with Crippen LogP contribution in [0.25, 0.3) is 0 Å². The van der Waals surface area contributed by atoms with E-state index in [0.717, 1.165) is 22.4 Å². The molecule has 2 aromatic carbocycles. The summed E-state index contributed by atoms with van der Waals surface area (Å²) in [5.74, 6) is 0.883. The Bertz CT molecular complexity index is 511. The number of ether oxygens (including phenoxy) is 1. The molecule has 0 saturated heterocycles. The van der Waals surface area contributed by atoms with Crippen molar-refractivity contribution in [1.82, 2.24) is 0 Å². The van der Waals surface area contributed by atoms with E-state index in [1.165, 1.54) is 0 Å². The summed E-state index contributed by atoms with van der Waals surface area (Å²) in [4.78, 5) is 0. The van der Waals surface area contributed by atoms with E-state index < -0.39 is 5.54 Å². The number of hydrogen-bond donors (Lipinski definition) is 1. The van der Waals surface area contributed by atoms with Gasteiger partial charge in [-0.05, 0) is 24.1 Å². The summed E-state index contributed by atoms with van der Waals surface area (Å²) >= 11 is 0. The Balaban J connectivity index is 0.000000510. The van der Waals surface area contributed by atoms with Gasteiger partial charge in [-0.25, -0.2) is 0 Å². The van der Waals surface area contributed by atoms with Crippen molar-refractivity contribution >= 4 is 0 Å². The zero-order valence-electron chi connectivity index (χ0n) is 13.8. The summed E-state index contributed by atoms with van der Waals surface area (Å²) < 4.78 is 5.83. The van der Waals surface area contributed by atoms with E-state index in [1.54, 1.807) is 0 Å². The predicted octanol–water partition coefficient (Wildman–Crippen LogP) is 4.85. The minimum absolute atomic E-state index is 0.496. The van der Waals surface area contributed by atoms with Gasteiger partial charge < -0.3 is 10.5 Å². The Morgan fingerprint density at radius 1 is 0.857 bits per heavy atom. The highest BCUT2D eigenvalue weighted by Crippen LogP contribution is 2.38. The van der Waals surface area contributed by atoms with Crippen molar-refractivity contribution in [2.45, 2.75) is 46.8 Å². The first-order valence-corrected chi connectivity index (χ1v) is 7.79. The molecule has 1 aliphatic heterocycles. The molecule has 1 unspecified atom stereocenters. The second kappa shape index (κ2) is 7.84. The van der Waals surface area contributed by atoms with Crippen molar-refractivity contribution in [3.8, 4) is 5.75 Å². The van der Waals surface area contributed by atoms with Crippen molar-refractivity contribution < 1.29 is 4.74 Å². The van der Waals surface area contributed by atoms with Gasteiger partial charge in [-0.2, -0.15) is 0 Å². The molecular formula is C19H27NO. The van der Waals surface area contributed by atoms with Crippen LogP contribution in [0.2, 0.25) is 0 Å². The summed E-state index contributed by atoms with van der Waals surface area (Å²) in [6.07, 6.45) is 0. The molecule has 3 rings (SSSR count). The van der Waals surface area contributed by atoms with Crippen LogP contribution < -0.4 is 10.5 Å². The van der Waals surface area contributed by atoms with Gasteiger partial charge in [0.25, 0.3) is 0 Å². The fourth-order valence-electron chi connectivity index (χ4n) is 2.47. The molecule has 0 amide bonds. The highest BCUT2D eigenvalue weighted by molar-refractivity contribution is 5.49. The van der Waals surface area contributed by atoms with Crippen LogP contribution in [-0.4, -0.2) is 0 Å². The van der Waals surface area contributed by atoms with Gasteiger partial charge in [0, 0.05) is 5.56 Å². The summed E-state index contributed by atoms with van der Waals surface area (Å²) in [7, 11) is 0. The van der Waals surface area contributed by atoms with Crippen LogP contribution in [0.4, 0.5) is 0 Å². The SMILES string of the molecule is CC.CC.CC1(N)c2ccccc2COc2ccccc21. The maximum atomic E-state index is 6.52. The van der Waals surface area contributed by atoms with Crippen LogP contribution in [0.3, 0.4) is 0 Å². The van der Waals surface area contributed by atoms with Gasteiger partial charge in [0.2, 0.25) is 0 Å². The standard InChI is InChI=1S/C15H15NO.2C2H6/c1-15(16)12-7-3-2-6-11(12)10-17-14-9-5-4-8-13(14)15;2*1-2/h2-9H,10,16H2,1H3;2*1-2H3. The van der Waals surface area contributed by atoms with E-state index in [4.69, 9.17) is 10.5 Å². The molecule has 114 valence electrons. The Hall–Kier alpha value is -1.80. The molecule has 0 radical (unpaired) electrons. The molecule has 1 aliphatic rings. The van der Waals surface area contributed by atoms with Gasteiger partial charge in [0.05, 0.1) is 5.54 Å². The number of hydrogen-bond acceptors (Lipinski definition) is 2. The largest absolute Gasteiger partial charge is 0.489 e. The average molecular weight is 285 g/mol. The van der Waals surface area contributed by atoms with Crippen molar-refractivity contribution in [2.75, 3.05) is 0 Å². The normalized spacial score (nSPS) is 18.4. The molecule has 2 heteroatoms. The molecule has 2 aromatic rings. The Kier molecular flexibility index (Phi) is 6.44. The summed E-state index contributed by atoms with van der Waals surface area (Å²) in [5, 5.41) is 0. The van der Waals surface area contributed by atoms with Gasteiger partial charge in [0.15, 0.2) is 0 Å². The van der Waals surface area contributed by atoms with Gasteiger partial charge in [-0.1, -0.05) is 70.2 Å². The minimum atomic E-state index is -0.496. The molecule has 21 heavy (non-hydrogen) atoms. The van der Waals surface area contributed by atoms with Crippen molar-refractivity contribution in [3.05, 3.63) is 65.2 Å². The first-order valence-electron chi connectivity index (χ1n) is 7.79. The number of nitrogens with two attached hydrogens (primary N) is 1. The zero-order chi connectivity index (χ0) is 15.9. The molecule has 0 spiro atoms. The number of benzene rings is 2. The van der Waals surface area contributed by atoms with Gasteiger partial charge in [0.1, 0.15) is 12.4 Å². The molecule has 0 saturated carbocycles. The van der Waals surface area contributed by atoms with E-state index in [-0.39, 0.29) is 0 Å². The summed E-state index contributed by atoms with van der Waals surface area (Å²) in [5.41, 5.74) is 9.38. The molecule has 0 aliphatic carbocycles.